The van der Waals surface area contributed by atoms with E-state index in [9.17, 15) is 9.18 Å². The van der Waals surface area contributed by atoms with E-state index < -0.39 is 0 Å². The van der Waals surface area contributed by atoms with Gasteiger partial charge in [0.1, 0.15) is 5.82 Å². The van der Waals surface area contributed by atoms with E-state index in [0.29, 0.717) is 25.6 Å². The Morgan fingerprint density at radius 2 is 1.89 bits per heavy atom. The summed E-state index contributed by atoms with van der Waals surface area (Å²) in [4.78, 5) is 18.5. The summed E-state index contributed by atoms with van der Waals surface area (Å²) < 4.78 is 13.2. The molecule has 0 heterocycles. The van der Waals surface area contributed by atoms with Crippen LogP contribution in [0.3, 0.4) is 0 Å². The Morgan fingerprint density at radius 3 is 2.54 bits per heavy atom. The fourth-order valence-corrected chi connectivity index (χ4v) is 2.93. The minimum absolute atomic E-state index is 0.0173. The number of halogens is 1. The lowest BCUT2D eigenvalue weighted by Gasteiger charge is -2.22. The topological polar surface area (TPSA) is 56.7 Å². The number of likely N-dealkylation sites (N-methyl/N-ethyl adjacent to an activating group) is 1. The second-order valence-electron chi connectivity index (χ2n) is 6.57. The monoisotopic (exact) mass is 384 g/mol. The minimum atomic E-state index is -0.221. The minimum Gasteiger partial charge on any atom is -0.356 e. The first-order valence-corrected chi connectivity index (χ1v) is 9.54. The van der Waals surface area contributed by atoms with Crippen molar-refractivity contribution in [2.24, 2.45) is 4.99 Å². The summed E-state index contributed by atoms with van der Waals surface area (Å²) in [6, 6.07) is 14.7. The average Bonchev–Trinajstić information content (AvgIpc) is 2.70. The predicted molar refractivity (Wildman–Crippen MR) is 112 cm³/mol. The first-order chi connectivity index (χ1) is 13.5. The van der Waals surface area contributed by atoms with E-state index in [-0.39, 0.29) is 18.3 Å². The van der Waals surface area contributed by atoms with E-state index >= 15 is 0 Å². The number of benzene rings is 2. The molecule has 0 aliphatic rings. The summed E-state index contributed by atoms with van der Waals surface area (Å²) in [6.45, 7) is 5.92. The van der Waals surface area contributed by atoms with E-state index in [1.165, 1.54) is 12.1 Å². The lowest BCUT2D eigenvalue weighted by Crippen LogP contribution is -2.44. The molecular formula is C22H29FN4O. The highest BCUT2D eigenvalue weighted by atomic mass is 19.1. The number of amides is 1. The molecule has 0 atom stereocenters. The highest BCUT2D eigenvalue weighted by molar-refractivity contribution is 5.86. The smallest absolute Gasteiger partial charge is 0.242 e. The third-order valence-electron chi connectivity index (χ3n) is 4.57. The molecule has 0 radical (unpaired) electrons. The third kappa shape index (κ3) is 6.68. The van der Waals surface area contributed by atoms with Gasteiger partial charge in [-0.05, 0) is 49.1 Å². The maximum absolute atomic E-state index is 13.2. The summed E-state index contributed by atoms with van der Waals surface area (Å²) in [7, 11) is 1.67. The highest BCUT2D eigenvalue weighted by Gasteiger charge is 2.12. The average molecular weight is 384 g/mol. The van der Waals surface area contributed by atoms with E-state index in [4.69, 9.17) is 0 Å². The zero-order valence-electron chi connectivity index (χ0n) is 16.8. The predicted octanol–water partition coefficient (Wildman–Crippen LogP) is 2.89. The van der Waals surface area contributed by atoms with Crippen LogP contribution in [0.1, 0.15) is 23.6 Å². The van der Waals surface area contributed by atoms with Crippen molar-refractivity contribution < 1.29 is 9.18 Å². The Bertz CT molecular complexity index is 792. The van der Waals surface area contributed by atoms with Crippen LogP contribution in [0.25, 0.3) is 0 Å². The summed E-state index contributed by atoms with van der Waals surface area (Å²) in [5, 5.41) is 6.26. The second-order valence-corrected chi connectivity index (χ2v) is 6.57. The van der Waals surface area contributed by atoms with Crippen LogP contribution in [-0.4, -0.2) is 43.4 Å². The van der Waals surface area contributed by atoms with Crippen LogP contribution in [0.15, 0.2) is 53.5 Å². The van der Waals surface area contributed by atoms with Crippen LogP contribution >= 0.6 is 0 Å². The SMILES string of the molecule is CCN(Cc1ccccc1)C(=O)CNC(=NC)NCCc1ccc(F)cc1C. The van der Waals surface area contributed by atoms with Crippen molar-refractivity contribution in [3.8, 4) is 0 Å². The van der Waals surface area contributed by atoms with E-state index in [0.717, 1.165) is 23.1 Å². The van der Waals surface area contributed by atoms with Gasteiger partial charge in [-0.25, -0.2) is 4.39 Å². The van der Waals surface area contributed by atoms with E-state index in [2.05, 4.69) is 15.6 Å². The second kappa shape index (κ2) is 11.1. The van der Waals surface area contributed by atoms with Crippen LogP contribution in [0.2, 0.25) is 0 Å². The molecule has 2 aromatic carbocycles. The fraction of sp³-hybridized carbons (Fsp3) is 0.364. The number of rotatable bonds is 8. The molecule has 150 valence electrons. The molecule has 0 fully saturated rings. The molecule has 2 N–H and O–H groups in total. The van der Waals surface area contributed by atoms with Crippen molar-refractivity contribution in [3.05, 3.63) is 71.0 Å². The van der Waals surface area contributed by atoms with Crippen molar-refractivity contribution in [1.82, 2.24) is 15.5 Å². The summed E-state index contributed by atoms with van der Waals surface area (Å²) in [5.41, 5.74) is 3.12. The summed E-state index contributed by atoms with van der Waals surface area (Å²) in [6.07, 6.45) is 0.746. The first kappa shape index (κ1) is 21.4. The lowest BCUT2D eigenvalue weighted by atomic mass is 10.1. The number of nitrogens with zero attached hydrogens (tertiary/aromatic N) is 2. The molecule has 0 saturated heterocycles. The molecule has 0 spiro atoms. The molecule has 5 nitrogen and oxygen atoms in total. The molecule has 1 amide bonds. The maximum Gasteiger partial charge on any atom is 0.242 e. The van der Waals surface area contributed by atoms with Gasteiger partial charge >= 0.3 is 0 Å². The molecule has 0 saturated carbocycles. The van der Waals surface area contributed by atoms with Crippen molar-refractivity contribution in [1.29, 1.82) is 0 Å². The number of aryl methyl sites for hydroxylation is 1. The van der Waals surface area contributed by atoms with Crippen LogP contribution in [-0.2, 0) is 17.8 Å². The van der Waals surface area contributed by atoms with Crippen molar-refractivity contribution >= 4 is 11.9 Å². The quantitative estimate of drug-likeness (QED) is 0.544. The molecule has 28 heavy (non-hydrogen) atoms. The Labute approximate surface area is 166 Å². The maximum atomic E-state index is 13.2. The largest absolute Gasteiger partial charge is 0.356 e. The summed E-state index contributed by atoms with van der Waals surface area (Å²) in [5.74, 6) is 0.369. The Kier molecular flexibility index (Phi) is 8.46. The number of nitrogens with one attached hydrogen (secondary N) is 2. The Morgan fingerprint density at radius 1 is 1.14 bits per heavy atom. The van der Waals surface area contributed by atoms with Gasteiger partial charge in [0.2, 0.25) is 5.91 Å². The number of hydrogen-bond acceptors (Lipinski definition) is 2. The number of carbonyl (C=O) groups excluding carboxylic acids is 1. The highest BCUT2D eigenvalue weighted by Crippen LogP contribution is 2.10. The molecule has 0 aliphatic heterocycles. The zero-order chi connectivity index (χ0) is 20.4. The third-order valence-corrected chi connectivity index (χ3v) is 4.57. The van der Waals surface area contributed by atoms with Gasteiger partial charge < -0.3 is 15.5 Å². The zero-order valence-corrected chi connectivity index (χ0v) is 16.8. The lowest BCUT2D eigenvalue weighted by molar-refractivity contribution is -0.130. The molecule has 2 aromatic rings. The van der Waals surface area contributed by atoms with Crippen molar-refractivity contribution in [2.45, 2.75) is 26.8 Å². The fourth-order valence-electron chi connectivity index (χ4n) is 2.93. The molecular weight excluding hydrogens is 355 g/mol. The molecule has 2 rings (SSSR count). The van der Waals surface area contributed by atoms with Gasteiger partial charge in [-0.15, -0.1) is 0 Å². The number of hydrogen-bond donors (Lipinski definition) is 2. The van der Waals surface area contributed by atoms with E-state index in [1.807, 2.05) is 44.2 Å². The molecule has 0 bridgehead atoms. The molecule has 6 heteroatoms. The Balaban J connectivity index is 1.79. The van der Waals surface area contributed by atoms with Crippen LogP contribution in [0.4, 0.5) is 4.39 Å². The van der Waals surface area contributed by atoms with Gasteiger partial charge in [0.25, 0.3) is 0 Å². The van der Waals surface area contributed by atoms with Gasteiger partial charge in [-0.2, -0.15) is 0 Å². The van der Waals surface area contributed by atoms with Gasteiger partial charge in [0, 0.05) is 26.7 Å². The first-order valence-electron chi connectivity index (χ1n) is 9.54. The molecule has 0 unspecified atom stereocenters. The molecule has 0 aromatic heterocycles. The number of guanidine groups is 1. The number of aliphatic imine (C=N–C) groups is 1. The van der Waals surface area contributed by atoms with Gasteiger partial charge in [0.05, 0.1) is 6.54 Å². The van der Waals surface area contributed by atoms with Gasteiger partial charge in [-0.3, -0.25) is 9.79 Å². The standard InChI is InChI=1S/C22H29FN4O/c1-4-27(16-18-8-6-5-7-9-18)21(28)15-26-22(24-3)25-13-12-19-10-11-20(23)14-17(19)2/h5-11,14H,4,12-13,15-16H2,1-3H3,(H2,24,25,26). The Hall–Kier alpha value is -2.89. The van der Waals surface area contributed by atoms with Gasteiger partial charge in [-0.1, -0.05) is 36.4 Å². The van der Waals surface area contributed by atoms with Crippen molar-refractivity contribution in [3.63, 3.8) is 0 Å². The summed E-state index contributed by atoms with van der Waals surface area (Å²) >= 11 is 0. The normalized spacial score (nSPS) is 11.2. The molecule has 0 aliphatic carbocycles. The van der Waals surface area contributed by atoms with Crippen LogP contribution in [0.5, 0.6) is 0 Å². The van der Waals surface area contributed by atoms with Crippen LogP contribution < -0.4 is 10.6 Å². The number of carbonyl (C=O) groups is 1. The van der Waals surface area contributed by atoms with Crippen LogP contribution in [0, 0.1) is 12.7 Å². The van der Waals surface area contributed by atoms with Crippen molar-refractivity contribution in [2.75, 3.05) is 26.7 Å². The van der Waals surface area contributed by atoms with Gasteiger partial charge in [0.15, 0.2) is 5.96 Å². The van der Waals surface area contributed by atoms with E-state index in [1.54, 1.807) is 18.0 Å².